The van der Waals surface area contributed by atoms with Crippen LogP contribution in [0, 0.1) is 5.82 Å². The van der Waals surface area contributed by atoms with E-state index in [-0.39, 0.29) is 17.9 Å². The number of nitrogens with one attached hydrogen (secondary N) is 1. The van der Waals surface area contributed by atoms with E-state index in [1.165, 1.54) is 6.20 Å². The monoisotopic (exact) mass is 296 g/mol. The van der Waals surface area contributed by atoms with Gasteiger partial charge in [-0.15, -0.1) is 0 Å². The first-order valence-electron chi connectivity index (χ1n) is 6.62. The van der Waals surface area contributed by atoms with Gasteiger partial charge < -0.3 is 5.32 Å². The summed E-state index contributed by atoms with van der Waals surface area (Å²) in [5, 5.41) is 8.07. The first-order valence-corrected chi connectivity index (χ1v) is 6.99. The quantitative estimate of drug-likeness (QED) is 0.920. The molecule has 0 radical (unpaired) electrons. The van der Waals surface area contributed by atoms with E-state index >= 15 is 0 Å². The molecule has 2 aromatic heterocycles. The molecular formula is C14H18ClFN4. The molecule has 0 bridgehead atoms. The average Bonchev–Trinajstić information content (AvgIpc) is 2.79. The Kier molecular flexibility index (Phi) is 4.73. The van der Waals surface area contributed by atoms with Crippen molar-refractivity contribution < 1.29 is 4.39 Å². The van der Waals surface area contributed by atoms with Crippen LogP contribution in [0.4, 0.5) is 4.39 Å². The van der Waals surface area contributed by atoms with Crippen LogP contribution >= 0.6 is 11.6 Å². The van der Waals surface area contributed by atoms with Crippen LogP contribution in [0.1, 0.15) is 44.1 Å². The number of halogens is 2. The Morgan fingerprint density at radius 1 is 1.40 bits per heavy atom. The topological polar surface area (TPSA) is 42.7 Å². The van der Waals surface area contributed by atoms with Gasteiger partial charge in [-0.3, -0.25) is 9.67 Å². The third-order valence-corrected chi connectivity index (χ3v) is 3.36. The van der Waals surface area contributed by atoms with Crippen molar-refractivity contribution in [2.24, 2.45) is 0 Å². The predicted molar refractivity (Wildman–Crippen MR) is 77.3 cm³/mol. The van der Waals surface area contributed by atoms with Gasteiger partial charge in [-0.2, -0.15) is 5.10 Å². The number of rotatable bonds is 5. The molecule has 1 atom stereocenters. The number of pyridine rings is 1. The fourth-order valence-electron chi connectivity index (χ4n) is 2.21. The van der Waals surface area contributed by atoms with Gasteiger partial charge in [-0.05, 0) is 26.5 Å². The van der Waals surface area contributed by atoms with E-state index in [4.69, 9.17) is 11.6 Å². The highest BCUT2D eigenvalue weighted by molar-refractivity contribution is 6.31. The van der Waals surface area contributed by atoms with Crippen molar-refractivity contribution in [3.8, 4) is 0 Å². The van der Waals surface area contributed by atoms with Gasteiger partial charge in [0, 0.05) is 17.8 Å². The number of nitrogens with zero attached hydrogens (tertiary/aromatic N) is 3. The van der Waals surface area contributed by atoms with Gasteiger partial charge in [-0.1, -0.05) is 18.5 Å². The summed E-state index contributed by atoms with van der Waals surface area (Å²) in [7, 11) is 0. The number of aromatic nitrogens is 3. The molecule has 0 fully saturated rings. The van der Waals surface area contributed by atoms with Gasteiger partial charge >= 0.3 is 0 Å². The standard InChI is InChI=1S/C14H18ClFN4/c1-4-18-13(10-5-6-17-8-12(10)16)14-11(15)7-19-20(14)9(2)3/h5-9,13,18H,4H2,1-3H3. The summed E-state index contributed by atoms with van der Waals surface area (Å²) in [4.78, 5) is 3.79. The Morgan fingerprint density at radius 3 is 2.75 bits per heavy atom. The lowest BCUT2D eigenvalue weighted by Crippen LogP contribution is -2.26. The minimum atomic E-state index is -0.356. The zero-order valence-electron chi connectivity index (χ0n) is 11.8. The van der Waals surface area contributed by atoms with E-state index in [1.54, 1.807) is 18.5 Å². The molecule has 20 heavy (non-hydrogen) atoms. The SMILES string of the molecule is CCNC(c1ccncc1F)c1c(Cl)cnn1C(C)C. The van der Waals surface area contributed by atoms with Crippen LogP contribution in [0.3, 0.4) is 0 Å². The maximum atomic E-state index is 14.0. The number of hydrogen-bond acceptors (Lipinski definition) is 3. The predicted octanol–water partition coefficient (Wildman–Crippen LogP) is 3.35. The second-order valence-corrected chi connectivity index (χ2v) is 5.21. The van der Waals surface area contributed by atoms with Gasteiger partial charge in [0.05, 0.1) is 29.2 Å². The molecule has 0 aromatic carbocycles. The Balaban J connectivity index is 2.55. The summed E-state index contributed by atoms with van der Waals surface area (Å²) in [6, 6.07) is 1.46. The molecule has 0 amide bonds. The van der Waals surface area contributed by atoms with E-state index in [1.807, 2.05) is 25.5 Å². The average molecular weight is 297 g/mol. The Labute approximate surface area is 123 Å². The summed E-state index contributed by atoms with van der Waals surface area (Å²) < 4.78 is 15.9. The molecule has 1 N–H and O–H groups in total. The lowest BCUT2D eigenvalue weighted by molar-refractivity contribution is 0.466. The van der Waals surface area contributed by atoms with Crippen LogP contribution in [-0.4, -0.2) is 21.3 Å². The lowest BCUT2D eigenvalue weighted by atomic mass is 10.0. The van der Waals surface area contributed by atoms with Gasteiger partial charge in [-0.25, -0.2) is 4.39 Å². The van der Waals surface area contributed by atoms with Gasteiger partial charge in [0.1, 0.15) is 5.82 Å². The van der Waals surface area contributed by atoms with Crippen LogP contribution in [0.15, 0.2) is 24.7 Å². The third kappa shape index (κ3) is 2.83. The fraction of sp³-hybridized carbons (Fsp3) is 0.429. The van der Waals surface area contributed by atoms with Gasteiger partial charge in [0.2, 0.25) is 0 Å². The van der Waals surface area contributed by atoms with Gasteiger partial charge in [0.15, 0.2) is 0 Å². The second kappa shape index (κ2) is 6.33. The maximum Gasteiger partial charge on any atom is 0.146 e. The summed E-state index contributed by atoms with van der Waals surface area (Å²) in [5.41, 5.74) is 1.29. The minimum Gasteiger partial charge on any atom is -0.305 e. The second-order valence-electron chi connectivity index (χ2n) is 4.80. The van der Waals surface area contributed by atoms with Gasteiger partial charge in [0.25, 0.3) is 0 Å². The fourth-order valence-corrected chi connectivity index (χ4v) is 2.45. The van der Waals surface area contributed by atoms with Crippen molar-refractivity contribution in [3.63, 3.8) is 0 Å². The van der Waals surface area contributed by atoms with E-state index in [9.17, 15) is 4.39 Å². The highest BCUT2D eigenvalue weighted by Gasteiger charge is 2.24. The molecule has 0 aliphatic heterocycles. The molecule has 4 nitrogen and oxygen atoms in total. The summed E-state index contributed by atoms with van der Waals surface area (Å²) in [6.07, 6.45) is 4.39. The van der Waals surface area contributed by atoms with Crippen LogP contribution in [-0.2, 0) is 0 Å². The zero-order valence-corrected chi connectivity index (χ0v) is 12.5. The minimum absolute atomic E-state index is 0.142. The van der Waals surface area contributed by atoms with E-state index in [2.05, 4.69) is 15.4 Å². The van der Waals surface area contributed by atoms with Crippen LogP contribution in [0.5, 0.6) is 0 Å². The molecule has 2 rings (SSSR count). The van der Waals surface area contributed by atoms with Crippen molar-refractivity contribution in [1.82, 2.24) is 20.1 Å². The molecule has 0 aliphatic carbocycles. The van der Waals surface area contributed by atoms with Crippen molar-refractivity contribution >= 4 is 11.6 Å². The van der Waals surface area contributed by atoms with E-state index < -0.39 is 0 Å². The molecule has 0 saturated carbocycles. The first kappa shape index (κ1) is 14.9. The highest BCUT2D eigenvalue weighted by atomic mass is 35.5. The Hall–Kier alpha value is -1.46. The molecule has 1 unspecified atom stereocenters. The zero-order chi connectivity index (χ0) is 14.7. The van der Waals surface area contributed by atoms with E-state index in [0.29, 0.717) is 17.1 Å². The molecular weight excluding hydrogens is 279 g/mol. The molecule has 0 saturated heterocycles. The van der Waals surface area contributed by atoms with Crippen molar-refractivity contribution in [2.75, 3.05) is 6.54 Å². The van der Waals surface area contributed by atoms with Crippen molar-refractivity contribution in [3.05, 3.63) is 46.8 Å². The highest BCUT2D eigenvalue weighted by Crippen LogP contribution is 2.31. The molecule has 0 aliphatic rings. The third-order valence-electron chi connectivity index (χ3n) is 3.07. The van der Waals surface area contributed by atoms with Crippen LogP contribution < -0.4 is 5.32 Å². The molecule has 108 valence electrons. The Bertz CT molecular complexity index is 582. The maximum absolute atomic E-state index is 14.0. The molecule has 6 heteroatoms. The lowest BCUT2D eigenvalue weighted by Gasteiger charge is -2.22. The van der Waals surface area contributed by atoms with Crippen LogP contribution in [0.25, 0.3) is 0 Å². The summed E-state index contributed by atoms with van der Waals surface area (Å²) in [5.74, 6) is -0.356. The normalized spacial score (nSPS) is 12.9. The molecule has 2 heterocycles. The summed E-state index contributed by atoms with van der Waals surface area (Å²) in [6.45, 7) is 6.68. The molecule has 0 spiro atoms. The smallest absolute Gasteiger partial charge is 0.146 e. The first-order chi connectivity index (χ1) is 9.56. The summed E-state index contributed by atoms with van der Waals surface area (Å²) >= 11 is 6.26. The molecule has 2 aromatic rings. The van der Waals surface area contributed by atoms with Crippen molar-refractivity contribution in [2.45, 2.75) is 32.9 Å². The number of hydrogen-bond donors (Lipinski definition) is 1. The van der Waals surface area contributed by atoms with Crippen LogP contribution in [0.2, 0.25) is 5.02 Å². The Morgan fingerprint density at radius 2 is 2.15 bits per heavy atom. The van der Waals surface area contributed by atoms with E-state index in [0.717, 1.165) is 5.69 Å². The van der Waals surface area contributed by atoms with Crippen molar-refractivity contribution in [1.29, 1.82) is 0 Å². The largest absolute Gasteiger partial charge is 0.305 e.